The maximum absolute atomic E-state index is 13.0. The molecule has 1 aliphatic heterocycles. The van der Waals surface area contributed by atoms with E-state index < -0.39 is 6.04 Å². The van der Waals surface area contributed by atoms with E-state index in [0.717, 1.165) is 34.6 Å². The summed E-state index contributed by atoms with van der Waals surface area (Å²) < 4.78 is 11.0. The molecule has 0 radical (unpaired) electrons. The van der Waals surface area contributed by atoms with Gasteiger partial charge in [-0.15, -0.1) is 0 Å². The molecule has 1 aliphatic rings. The van der Waals surface area contributed by atoms with Gasteiger partial charge in [0.05, 0.1) is 18.7 Å². The number of hydrogen-bond donors (Lipinski definition) is 1. The highest BCUT2D eigenvalue weighted by molar-refractivity contribution is 6.30. The standard InChI is InChI=1S/C25H27ClN4O3/c1-15(2)12-13-30-16(3)21(22(27-25(30)31)17-8-10-20(32-4)11-9-17)24-28-23(29-33-24)18-6-5-7-19(26)14-18/h5-11,14-15,22H,12-13H2,1-4H3,(H,27,31). The van der Waals surface area contributed by atoms with Gasteiger partial charge in [0.25, 0.3) is 5.89 Å². The van der Waals surface area contributed by atoms with Gasteiger partial charge in [-0.3, -0.25) is 4.90 Å². The van der Waals surface area contributed by atoms with Gasteiger partial charge in [-0.25, -0.2) is 4.79 Å². The van der Waals surface area contributed by atoms with Crippen molar-refractivity contribution in [1.82, 2.24) is 20.4 Å². The first-order chi connectivity index (χ1) is 15.9. The summed E-state index contributed by atoms with van der Waals surface area (Å²) in [6.45, 7) is 6.80. The van der Waals surface area contributed by atoms with Gasteiger partial charge >= 0.3 is 6.03 Å². The van der Waals surface area contributed by atoms with E-state index in [2.05, 4.69) is 29.3 Å². The molecule has 8 heteroatoms. The van der Waals surface area contributed by atoms with Gasteiger partial charge in [0.2, 0.25) is 5.82 Å². The van der Waals surface area contributed by atoms with Crippen LogP contribution in [0.3, 0.4) is 0 Å². The third-order valence-corrected chi connectivity index (χ3v) is 5.95. The molecule has 0 bridgehead atoms. The minimum absolute atomic E-state index is 0.146. The number of rotatable bonds is 7. The van der Waals surface area contributed by atoms with Gasteiger partial charge in [0.1, 0.15) is 5.75 Å². The van der Waals surface area contributed by atoms with Crippen LogP contribution >= 0.6 is 11.6 Å². The van der Waals surface area contributed by atoms with Crippen LogP contribution in [0.2, 0.25) is 5.02 Å². The second kappa shape index (κ2) is 9.67. The highest BCUT2D eigenvalue weighted by Crippen LogP contribution is 2.38. The fraction of sp³-hybridized carbons (Fsp3) is 0.320. The van der Waals surface area contributed by atoms with Gasteiger partial charge in [0.15, 0.2) is 0 Å². The monoisotopic (exact) mass is 466 g/mol. The number of halogens is 1. The Labute approximate surface area is 198 Å². The van der Waals surface area contributed by atoms with Crippen molar-refractivity contribution < 1.29 is 14.1 Å². The minimum Gasteiger partial charge on any atom is -0.497 e. The normalized spacial score (nSPS) is 16.4. The Morgan fingerprint density at radius 2 is 1.97 bits per heavy atom. The molecule has 1 atom stereocenters. The molecule has 7 nitrogen and oxygen atoms in total. The lowest BCUT2D eigenvalue weighted by Gasteiger charge is -2.35. The van der Waals surface area contributed by atoms with Crippen LogP contribution in [0, 0.1) is 5.92 Å². The van der Waals surface area contributed by atoms with E-state index >= 15 is 0 Å². The maximum Gasteiger partial charge on any atom is 0.322 e. The highest BCUT2D eigenvalue weighted by atomic mass is 35.5. The molecule has 1 N–H and O–H groups in total. The summed E-state index contributed by atoms with van der Waals surface area (Å²) >= 11 is 6.14. The average Bonchev–Trinajstić information content (AvgIpc) is 3.28. The molecule has 0 saturated carbocycles. The Balaban J connectivity index is 1.78. The number of carbonyl (C=O) groups is 1. The Morgan fingerprint density at radius 1 is 1.21 bits per heavy atom. The zero-order valence-electron chi connectivity index (χ0n) is 19.1. The lowest BCUT2D eigenvalue weighted by molar-refractivity contribution is 0.202. The zero-order valence-corrected chi connectivity index (χ0v) is 19.9. The van der Waals surface area contributed by atoms with Crippen LogP contribution in [0.4, 0.5) is 4.79 Å². The molecule has 0 fully saturated rings. The number of methoxy groups -OCH3 is 1. The SMILES string of the molecule is COc1ccc(C2NC(=O)N(CCC(C)C)C(C)=C2c2nc(-c3cccc(Cl)c3)no2)cc1. The topological polar surface area (TPSA) is 80.5 Å². The first kappa shape index (κ1) is 22.9. The lowest BCUT2D eigenvalue weighted by atomic mass is 9.94. The van der Waals surface area contributed by atoms with E-state index in [1.807, 2.05) is 43.3 Å². The third-order valence-electron chi connectivity index (χ3n) is 5.71. The van der Waals surface area contributed by atoms with E-state index in [0.29, 0.717) is 29.2 Å². The van der Waals surface area contributed by atoms with Crippen LogP contribution < -0.4 is 10.1 Å². The summed E-state index contributed by atoms with van der Waals surface area (Å²) in [6, 6.07) is 14.3. The first-order valence-electron chi connectivity index (χ1n) is 10.9. The van der Waals surface area contributed by atoms with Crippen molar-refractivity contribution in [3.8, 4) is 17.1 Å². The number of amides is 2. The number of benzene rings is 2. The fourth-order valence-electron chi connectivity index (χ4n) is 3.84. The summed E-state index contributed by atoms with van der Waals surface area (Å²) in [4.78, 5) is 19.5. The van der Waals surface area contributed by atoms with Gasteiger partial charge in [-0.2, -0.15) is 4.98 Å². The van der Waals surface area contributed by atoms with Crippen molar-refractivity contribution >= 4 is 23.2 Å². The molecular weight excluding hydrogens is 440 g/mol. The van der Waals surface area contributed by atoms with E-state index in [4.69, 9.17) is 20.9 Å². The second-order valence-corrected chi connectivity index (χ2v) is 8.86. The van der Waals surface area contributed by atoms with Gasteiger partial charge in [-0.05, 0) is 49.1 Å². The predicted octanol–water partition coefficient (Wildman–Crippen LogP) is 5.94. The first-order valence-corrected chi connectivity index (χ1v) is 11.3. The van der Waals surface area contributed by atoms with Crippen molar-refractivity contribution in [1.29, 1.82) is 0 Å². The van der Waals surface area contributed by atoms with Crippen LogP contribution in [0.15, 0.2) is 58.8 Å². The molecule has 33 heavy (non-hydrogen) atoms. The van der Waals surface area contributed by atoms with E-state index in [1.54, 1.807) is 24.1 Å². The van der Waals surface area contributed by atoms with Gasteiger partial charge in [0, 0.05) is 22.8 Å². The predicted molar refractivity (Wildman–Crippen MR) is 128 cm³/mol. The largest absolute Gasteiger partial charge is 0.497 e. The minimum atomic E-state index is -0.439. The summed E-state index contributed by atoms with van der Waals surface area (Å²) in [5.41, 5.74) is 3.21. The smallest absolute Gasteiger partial charge is 0.322 e. The third kappa shape index (κ3) is 4.88. The molecule has 4 rings (SSSR count). The number of urea groups is 1. The summed E-state index contributed by atoms with van der Waals surface area (Å²) in [7, 11) is 1.62. The maximum atomic E-state index is 13.0. The molecule has 1 unspecified atom stereocenters. The Morgan fingerprint density at radius 3 is 2.64 bits per heavy atom. The molecule has 0 aliphatic carbocycles. The molecule has 2 heterocycles. The van der Waals surface area contributed by atoms with Crippen molar-refractivity contribution in [3.63, 3.8) is 0 Å². The van der Waals surface area contributed by atoms with Crippen LogP contribution in [0.1, 0.15) is 44.7 Å². The Bertz CT molecular complexity index is 1170. The molecule has 172 valence electrons. The van der Waals surface area contributed by atoms with Crippen molar-refractivity contribution in [3.05, 3.63) is 70.7 Å². The number of ether oxygens (including phenoxy) is 1. The number of aromatic nitrogens is 2. The molecule has 2 amide bonds. The number of nitrogens with one attached hydrogen (secondary N) is 1. The zero-order chi connectivity index (χ0) is 23.5. The molecule has 1 aromatic heterocycles. The van der Waals surface area contributed by atoms with E-state index in [9.17, 15) is 4.79 Å². The van der Waals surface area contributed by atoms with Gasteiger partial charge in [-0.1, -0.05) is 54.9 Å². The Kier molecular flexibility index (Phi) is 6.70. The van der Waals surface area contributed by atoms with Crippen molar-refractivity contribution in [2.45, 2.75) is 33.2 Å². The summed E-state index contributed by atoms with van der Waals surface area (Å²) in [6.07, 6.45) is 0.878. The van der Waals surface area contributed by atoms with Crippen LogP contribution in [0.25, 0.3) is 17.0 Å². The number of allylic oxidation sites excluding steroid dienone is 1. The molecular formula is C25H27ClN4O3. The second-order valence-electron chi connectivity index (χ2n) is 8.42. The molecule has 3 aromatic rings. The summed E-state index contributed by atoms with van der Waals surface area (Å²) in [5, 5.41) is 7.89. The number of nitrogens with zero attached hydrogens (tertiary/aromatic N) is 3. The van der Waals surface area contributed by atoms with E-state index in [1.165, 1.54) is 0 Å². The lowest BCUT2D eigenvalue weighted by Crippen LogP contribution is -2.46. The number of hydrogen-bond acceptors (Lipinski definition) is 5. The highest BCUT2D eigenvalue weighted by Gasteiger charge is 2.35. The number of carbonyl (C=O) groups excluding carboxylic acids is 1. The van der Waals surface area contributed by atoms with Crippen molar-refractivity contribution in [2.24, 2.45) is 5.92 Å². The van der Waals surface area contributed by atoms with Crippen LogP contribution in [0.5, 0.6) is 5.75 Å². The molecule has 0 saturated heterocycles. The van der Waals surface area contributed by atoms with Gasteiger partial charge < -0.3 is 14.6 Å². The Hall–Kier alpha value is -3.32. The molecule has 2 aromatic carbocycles. The quantitative estimate of drug-likeness (QED) is 0.466. The fourth-order valence-corrected chi connectivity index (χ4v) is 4.03. The van der Waals surface area contributed by atoms with Crippen LogP contribution in [-0.4, -0.2) is 34.7 Å². The van der Waals surface area contributed by atoms with Crippen LogP contribution in [-0.2, 0) is 0 Å². The summed E-state index contributed by atoms with van der Waals surface area (Å²) in [5.74, 6) is 2.00. The van der Waals surface area contributed by atoms with Crippen molar-refractivity contribution in [2.75, 3.05) is 13.7 Å². The van der Waals surface area contributed by atoms with E-state index in [-0.39, 0.29) is 6.03 Å². The molecule has 0 spiro atoms. The average molecular weight is 467 g/mol.